The van der Waals surface area contributed by atoms with Crippen LogP contribution in [0.1, 0.15) is 5.56 Å². The number of amides is 1. The number of hydrogen-bond donors (Lipinski definition) is 1. The first-order valence-corrected chi connectivity index (χ1v) is 9.10. The molecule has 1 amide bonds. The Bertz CT molecular complexity index is 1280. The van der Waals surface area contributed by atoms with Gasteiger partial charge in [-0.05, 0) is 35.2 Å². The number of anilines is 1. The van der Waals surface area contributed by atoms with Gasteiger partial charge in [0.25, 0.3) is 5.56 Å². The van der Waals surface area contributed by atoms with E-state index in [2.05, 4.69) is 15.0 Å². The Labute approximate surface area is 172 Å². The van der Waals surface area contributed by atoms with E-state index in [0.717, 1.165) is 6.07 Å². The van der Waals surface area contributed by atoms with Gasteiger partial charge in [-0.25, -0.2) is 4.79 Å². The number of aromatic amines is 1. The summed E-state index contributed by atoms with van der Waals surface area (Å²) >= 11 is 0. The van der Waals surface area contributed by atoms with Gasteiger partial charge in [-0.1, -0.05) is 29.4 Å². The second-order valence-electron chi connectivity index (χ2n) is 6.86. The molecule has 0 saturated carbocycles. The van der Waals surface area contributed by atoms with Gasteiger partial charge in [0.2, 0.25) is 0 Å². The van der Waals surface area contributed by atoms with Crippen molar-refractivity contribution in [3.05, 3.63) is 74.9 Å². The van der Waals surface area contributed by atoms with Crippen LogP contribution in [-0.4, -0.2) is 30.3 Å². The summed E-state index contributed by atoms with van der Waals surface area (Å²) in [7, 11) is 0. The standard InChI is InChI=1S/C20H14F3N5O3/c21-20(22,23)16-4-2-1-3-14(16)17-7-11-5-6-12(8-15(11)18(29)26-17)28-10-13(9-25-27-24)31-19(28)30/h1-8,13H,9-10H2,(H,26,29). The second kappa shape index (κ2) is 7.69. The van der Waals surface area contributed by atoms with Crippen molar-refractivity contribution >= 4 is 22.6 Å². The fraction of sp³-hybridized carbons (Fsp3) is 0.200. The summed E-state index contributed by atoms with van der Waals surface area (Å²) in [6.45, 7) is 0.118. The van der Waals surface area contributed by atoms with Crippen LogP contribution in [0.25, 0.3) is 32.5 Å². The van der Waals surface area contributed by atoms with Gasteiger partial charge in [0.05, 0.1) is 18.7 Å². The molecule has 2 aromatic carbocycles. The van der Waals surface area contributed by atoms with Gasteiger partial charge in [-0.3, -0.25) is 9.69 Å². The zero-order chi connectivity index (χ0) is 22.2. The van der Waals surface area contributed by atoms with Crippen molar-refractivity contribution in [3.8, 4) is 11.3 Å². The third-order valence-corrected chi connectivity index (χ3v) is 4.89. The Morgan fingerprint density at radius 2 is 1.97 bits per heavy atom. The number of hydrogen-bond acceptors (Lipinski definition) is 4. The predicted octanol–water partition coefficient (Wildman–Crippen LogP) is 4.85. The summed E-state index contributed by atoms with van der Waals surface area (Å²) in [4.78, 5) is 31.2. The Morgan fingerprint density at radius 1 is 1.19 bits per heavy atom. The van der Waals surface area contributed by atoms with Crippen LogP contribution in [0.3, 0.4) is 0 Å². The first-order valence-electron chi connectivity index (χ1n) is 9.10. The van der Waals surface area contributed by atoms with Crippen LogP contribution in [0, 0.1) is 0 Å². The molecule has 11 heteroatoms. The average molecular weight is 429 g/mol. The molecule has 0 radical (unpaired) electrons. The van der Waals surface area contributed by atoms with Gasteiger partial charge in [-0.2, -0.15) is 13.2 Å². The summed E-state index contributed by atoms with van der Waals surface area (Å²) in [5.41, 5.74) is 7.23. The molecule has 2 heterocycles. The number of fused-ring (bicyclic) bond motifs is 1. The molecule has 1 fully saturated rings. The van der Waals surface area contributed by atoms with Crippen LogP contribution >= 0.6 is 0 Å². The van der Waals surface area contributed by atoms with Crippen LogP contribution < -0.4 is 10.5 Å². The van der Waals surface area contributed by atoms with E-state index < -0.39 is 29.5 Å². The number of carbonyl (C=O) groups is 1. The van der Waals surface area contributed by atoms with Gasteiger partial charge in [0.15, 0.2) is 0 Å². The van der Waals surface area contributed by atoms with Crippen LogP contribution in [-0.2, 0) is 10.9 Å². The monoisotopic (exact) mass is 429 g/mol. The molecule has 1 unspecified atom stereocenters. The van der Waals surface area contributed by atoms with E-state index in [1.807, 2.05) is 0 Å². The lowest BCUT2D eigenvalue weighted by Gasteiger charge is -2.15. The van der Waals surface area contributed by atoms with E-state index in [0.29, 0.717) is 11.1 Å². The zero-order valence-corrected chi connectivity index (χ0v) is 15.8. The predicted molar refractivity (Wildman–Crippen MR) is 107 cm³/mol. The fourth-order valence-corrected chi connectivity index (χ4v) is 3.48. The van der Waals surface area contributed by atoms with E-state index in [1.165, 1.54) is 35.2 Å². The molecule has 1 N–H and O–H groups in total. The number of ether oxygens (including phenoxy) is 1. The Balaban J connectivity index is 1.73. The normalized spacial score (nSPS) is 16.3. The largest absolute Gasteiger partial charge is 0.444 e. The van der Waals surface area contributed by atoms with E-state index in [1.54, 1.807) is 12.1 Å². The zero-order valence-electron chi connectivity index (χ0n) is 15.8. The van der Waals surface area contributed by atoms with E-state index in [4.69, 9.17) is 10.3 Å². The average Bonchev–Trinajstić information content (AvgIpc) is 3.12. The topological polar surface area (TPSA) is 111 Å². The number of alkyl halides is 3. The maximum absolute atomic E-state index is 13.4. The second-order valence-corrected chi connectivity index (χ2v) is 6.86. The highest BCUT2D eigenvalue weighted by Gasteiger charge is 2.34. The molecule has 3 aromatic rings. The van der Waals surface area contributed by atoms with Crippen molar-refractivity contribution in [3.63, 3.8) is 0 Å². The first kappa shape index (κ1) is 20.3. The lowest BCUT2D eigenvalue weighted by atomic mass is 10.0. The number of azide groups is 1. The van der Waals surface area contributed by atoms with Gasteiger partial charge in [0.1, 0.15) is 6.10 Å². The van der Waals surface area contributed by atoms with Crippen molar-refractivity contribution in [1.82, 2.24) is 4.98 Å². The summed E-state index contributed by atoms with van der Waals surface area (Å²) < 4.78 is 45.2. The number of pyridine rings is 1. The number of benzene rings is 2. The lowest BCUT2D eigenvalue weighted by molar-refractivity contribution is -0.137. The van der Waals surface area contributed by atoms with Crippen LogP contribution in [0.15, 0.2) is 58.4 Å². The van der Waals surface area contributed by atoms with Gasteiger partial charge in [-0.15, -0.1) is 0 Å². The fourth-order valence-electron chi connectivity index (χ4n) is 3.48. The minimum Gasteiger partial charge on any atom is -0.444 e. The van der Waals surface area contributed by atoms with E-state index in [9.17, 15) is 22.8 Å². The van der Waals surface area contributed by atoms with Crippen molar-refractivity contribution in [1.29, 1.82) is 0 Å². The molecule has 1 aliphatic heterocycles. The number of aromatic nitrogens is 1. The Kier molecular flexibility index (Phi) is 5.04. The van der Waals surface area contributed by atoms with Gasteiger partial charge in [0, 0.05) is 27.2 Å². The number of cyclic esters (lactones) is 1. The molecule has 0 bridgehead atoms. The quantitative estimate of drug-likeness (QED) is 0.363. The highest BCUT2D eigenvalue weighted by molar-refractivity contribution is 5.94. The highest BCUT2D eigenvalue weighted by Crippen LogP contribution is 2.36. The molecule has 8 nitrogen and oxygen atoms in total. The van der Waals surface area contributed by atoms with E-state index >= 15 is 0 Å². The molecule has 0 spiro atoms. The number of halogens is 3. The maximum atomic E-state index is 13.4. The van der Waals surface area contributed by atoms with Crippen molar-refractivity contribution in [2.45, 2.75) is 12.3 Å². The molecular weight excluding hydrogens is 415 g/mol. The first-order chi connectivity index (χ1) is 14.8. The number of rotatable bonds is 4. The minimum absolute atomic E-state index is 0.0190. The summed E-state index contributed by atoms with van der Waals surface area (Å²) in [5, 5.41) is 4.00. The summed E-state index contributed by atoms with van der Waals surface area (Å²) in [6, 6.07) is 11.0. The number of nitrogens with one attached hydrogen (secondary N) is 1. The van der Waals surface area contributed by atoms with Crippen LogP contribution in [0.5, 0.6) is 0 Å². The molecule has 158 valence electrons. The van der Waals surface area contributed by atoms with Crippen molar-refractivity contribution in [2.75, 3.05) is 18.0 Å². The lowest BCUT2D eigenvalue weighted by Crippen LogP contribution is -2.25. The molecule has 1 saturated heterocycles. The van der Waals surface area contributed by atoms with Gasteiger partial charge < -0.3 is 9.72 Å². The molecule has 31 heavy (non-hydrogen) atoms. The Hall–Kier alpha value is -3.98. The third-order valence-electron chi connectivity index (χ3n) is 4.89. The number of nitrogens with zero attached hydrogens (tertiary/aromatic N) is 4. The molecular formula is C20H14F3N5O3. The molecule has 4 rings (SSSR count). The smallest absolute Gasteiger partial charge is 0.417 e. The molecule has 0 aliphatic carbocycles. The number of carbonyl (C=O) groups excluding carboxylic acids is 1. The SMILES string of the molecule is [N-]=[N+]=NCC1CN(c2ccc3cc(-c4ccccc4C(F)(F)F)[nH]c(=O)c3c2)C(=O)O1. The van der Waals surface area contributed by atoms with E-state index in [-0.39, 0.29) is 29.7 Å². The van der Waals surface area contributed by atoms with Crippen molar-refractivity contribution in [2.24, 2.45) is 5.11 Å². The molecule has 1 aliphatic rings. The van der Waals surface area contributed by atoms with Crippen molar-refractivity contribution < 1.29 is 22.7 Å². The summed E-state index contributed by atoms with van der Waals surface area (Å²) in [6.07, 6.45) is -5.84. The minimum atomic E-state index is -4.57. The number of H-pyrrole nitrogens is 1. The molecule has 1 aromatic heterocycles. The maximum Gasteiger partial charge on any atom is 0.417 e. The third kappa shape index (κ3) is 3.90. The highest BCUT2D eigenvalue weighted by atomic mass is 19.4. The van der Waals surface area contributed by atoms with Gasteiger partial charge >= 0.3 is 12.3 Å². The van der Waals surface area contributed by atoms with Crippen LogP contribution in [0.2, 0.25) is 0 Å². The summed E-state index contributed by atoms with van der Waals surface area (Å²) in [5.74, 6) is 0. The van der Waals surface area contributed by atoms with Crippen LogP contribution in [0.4, 0.5) is 23.7 Å². The Morgan fingerprint density at radius 3 is 2.71 bits per heavy atom. The molecule has 1 atom stereocenters.